The predicted octanol–water partition coefficient (Wildman–Crippen LogP) is 2.27. The maximum atomic E-state index is 14.0. The number of fused-ring (bicyclic) bond motifs is 1. The molecular weight excluding hydrogens is 416 g/mol. The summed E-state index contributed by atoms with van der Waals surface area (Å²) in [5.74, 6) is -2.27. The summed E-state index contributed by atoms with van der Waals surface area (Å²) in [6.07, 6.45) is 1.93. The summed E-state index contributed by atoms with van der Waals surface area (Å²) < 4.78 is 53.6. The number of H-pyrrole nitrogens is 1. The van der Waals surface area contributed by atoms with Gasteiger partial charge in [0.05, 0.1) is 0 Å². The Morgan fingerprint density at radius 2 is 1.80 bits per heavy atom. The smallest absolute Gasteiger partial charge is 0.270 e. The third-order valence-electron chi connectivity index (χ3n) is 5.69. The average molecular weight is 437 g/mol. The first-order chi connectivity index (χ1) is 14.2. The number of halogens is 2. The van der Waals surface area contributed by atoms with Crippen LogP contribution < -0.4 is 0 Å². The van der Waals surface area contributed by atoms with Crippen LogP contribution in [0.5, 0.6) is 0 Å². The van der Waals surface area contributed by atoms with Crippen molar-refractivity contribution in [1.29, 1.82) is 0 Å². The summed E-state index contributed by atoms with van der Waals surface area (Å²) in [6.45, 7) is 1.96. The van der Waals surface area contributed by atoms with Crippen LogP contribution >= 0.6 is 0 Å². The van der Waals surface area contributed by atoms with Crippen LogP contribution in [-0.4, -0.2) is 60.5 Å². The standard InChI is InChI=1S/C20H21F2N3O4S/c1-12-18-15(3-2-4-16(18)26)23-19(12)20(27)24-7-9-25(10-8-24)30(28,29)17-6-5-13(21)11-14(17)22/h5-6,11,23H,2-4,7-10H2,1H3. The topological polar surface area (TPSA) is 90.6 Å². The van der Waals surface area contributed by atoms with E-state index in [4.69, 9.17) is 0 Å². The van der Waals surface area contributed by atoms with E-state index in [1.54, 1.807) is 6.92 Å². The summed E-state index contributed by atoms with van der Waals surface area (Å²) in [5.41, 5.74) is 2.36. The molecular formula is C20H21F2N3O4S. The Bertz CT molecular complexity index is 1140. The largest absolute Gasteiger partial charge is 0.354 e. The maximum absolute atomic E-state index is 14.0. The summed E-state index contributed by atoms with van der Waals surface area (Å²) >= 11 is 0. The number of aromatic amines is 1. The van der Waals surface area contributed by atoms with Gasteiger partial charge in [0, 0.05) is 49.9 Å². The van der Waals surface area contributed by atoms with Crippen molar-refractivity contribution in [2.45, 2.75) is 31.1 Å². The van der Waals surface area contributed by atoms with Crippen LogP contribution in [0.4, 0.5) is 8.78 Å². The number of aromatic nitrogens is 1. The lowest BCUT2D eigenvalue weighted by Gasteiger charge is -2.34. The number of aryl methyl sites for hydroxylation is 1. The molecule has 30 heavy (non-hydrogen) atoms. The van der Waals surface area contributed by atoms with E-state index in [0.29, 0.717) is 35.7 Å². The van der Waals surface area contributed by atoms with E-state index in [2.05, 4.69) is 4.98 Å². The summed E-state index contributed by atoms with van der Waals surface area (Å²) in [7, 11) is -4.14. The average Bonchev–Trinajstić information content (AvgIpc) is 3.05. The Balaban J connectivity index is 1.50. The molecule has 0 unspecified atom stereocenters. The molecule has 2 heterocycles. The monoisotopic (exact) mass is 437 g/mol. The summed E-state index contributed by atoms with van der Waals surface area (Å²) in [4.78, 5) is 29.2. The molecule has 1 N–H and O–H groups in total. The highest BCUT2D eigenvalue weighted by atomic mass is 32.2. The van der Waals surface area contributed by atoms with Gasteiger partial charge in [-0.25, -0.2) is 17.2 Å². The van der Waals surface area contributed by atoms with E-state index >= 15 is 0 Å². The third-order valence-corrected chi connectivity index (χ3v) is 7.62. The lowest BCUT2D eigenvalue weighted by molar-refractivity contribution is 0.0691. The quantitative estimate of drug-likeness (QED) is 0.798. The van der Waals surface area contributed by atoms with Gasteiger partial charge in [-0.1, -0.05) is 0 Å². The molecule has 0 bridgehead atoms. The zero-order valence-corrected chi connectivity index (χ0v) is 17.2. The molecule has 1 aromatic carbocycles. The summed E-state index contributed by atoms with van der Waals surface area (Å²) in [6, 6.07) is 2.33. The number of rotatable bonds is 3. The fourth-order valence-electron chi connectivity index (χ4n) is 4.10. The molecule has 0 spiro atoms. The van der Waals surface area contributed by atoms with Crippen molar-refractivity contribution >= 4 is 21.7 Å². The predicted molar refractivity (Wildman–Crippen MR) is 104 cm³/mol. The Morgan fingerprint density at radius 3 is 2.43 bits per heavy atom. The van der Waals surface area contributed by atoms with Crippen molar-refractivity contribution in [3.05, 3.63) is 52.3 Å². The van der Waals surface area contributed by atoms with E-state index in [1.165, 1.54) is 4.90 Å². The number of piperazine rings is 1. The zero-order valence-electron chi connectivity index (χ0n) is 16.4. The van der Waals surface area contributed by atoms with Gasteiger partial charge in [0.2, 0.25) is 10.0 Å². The van der Waals surface area contributed by atoms with Gasteiger partial charge in [0.15, 0.2) is 5.78 Å². The number of benzene rings is 1. The van der Waals surface area contributed by atoms with Gasteiger partial charge in [-0.3, -0.25) is 9.59 Å². The van der Waals surface area contributed by atoms with Crippen LogP contribution in [0.1, 0.15) is 44.9 Å². The maximum Gasteiger partial charge on any atom is 0.270 e. The van der Waals surface area contributed by atoms with E-state index in [1.807, 2.05) is 0 Å². The highest BCUT2D eigenvalue weighted by molar-refractivity contribution is 7.89. The molecule has 0 atom stereocenters. The number of hydrogen-bond donors (Lipinski definition) is 1. The van der Waals surface area contributed by atoms with Crippen LogP contribution in [0.3, 0.4) is 0 Å². The van der Waals surface area contributed by atoms with Gasteiger partial charge in [0.25, 0.3) is 5.91 Å². The number of Topliss-reactive ketones (excluding diaryl/α,β-unsaturated/α-hetero) is 1. The Labute approximate surface area is 172 Å². The fraction of sp³-hybridized carbons (Fsp3) is 0.400. The molecule has 0 radical (unpaired) electrons. The number of hydrogen-bond acceptors (Lipinski definition) is 4. The minimum absolute atomic E-state index is 0.0106. The minimum Gasteiger partial charge on any atom is -0.354 e. The molecule has 0 saturated carbocycles. The van der Waals surface area contributed by atoms with E-state index < -0.39 is 26.6 Å². The van der Waals surface area contributed by atoms with E-state index in [0.717, 1.165) is 28.6 Å². The molecule has 160 valence electrons. The van der Waals surface area contributed by atoms with Gasteiger partial charge in [0.1, 0.15) is 22.2 Å². The zero-order chi connectivity index (χ0) is 21.6. The van der Waals surface area contributed by atoms with Crippen molar-refractivity contribution < 1.29 is 26.8 Å². The lowest BCUT2D eigenvalue weighted by Crippen LogP contribution is -2.50. The van der Waals surface area contributed by atoms with Gasteiger partial charge in [-0.15, -0.1) is 0 Å². The molecule has 10 heteroatoms. The molecule has 7 nitrogen and oxygen atoms in total. The molecule has 1 aromatic heterocycles. The second-order valence-corrected chi connectivity index (χ2v) is 9.43. The SMILES string of the molecule is Cc1c(C(=O)N2CCN(S(=O)(=O)c3ccc(F)cc3F)CC2)[nH]c2c1C(=O)CCC2. The Kier molecular flexibility index (Phi) is 5.23. The number of carbonyl (C=O) groups is 2. The van der Waals surface area contributed by atoms with Gasteiger partial charge in [-0.05, 0) is 37.5 Å². The summed E-state index contributed by atoms with van der Waals surface area (Å²) in [5, 5.41) is 0. The number of nitrogens with one attached hydrogen (secondary N) is 1. The van der Waals surface area contributed by atoms with Gasteiger partial charge >= 0.3 is 0 Å². The van der Waals surface area contributed by atoms with Crippen molar-refractivity contribution in [1.82, 2.24) is 14.2 Å². The van der Waals surface area contributed by atoms with E-state index in [9.17, 15) is 26.8 Å². The fourth-order valence-corrected chi connectivity index (χ4v) is 5.57. The second-order valence-electron chi connectivity index (χ2n) is 7.53. The first kappa shape index (κ1) is 20.7. The molecule has 1 aliphatic heterocycles. The molecule has 4 rings (SSSR count). The van der Waals surface area contributed by atoms with Crippen LogP contribution in [-0.2, 0) is 16.4 Å². The minimum atomic E-state index is -4.14. The van der Waals surface area contributed by atoms with E-state index in [-0.39, 0.29) is 37.9 Å². The number of carbonyl (C=O) groups excluding carboxylic acids is 2. The van der Waals surface area contributed by atoms with Gasteiger partial charge in [-0.2, -0.15) is 4.31 Å². The first-order valence-electron chi connectivity index (χ1n) is 9.69. The lowest BCUT2D eigenvalue weighted by atomic mass is 9.94. The Morgan fingerprint density at radius 1 is 1.10 bits per heavy atom. The molecule has 2 aromatic rings. The van der Waals surface area contributed by atoms with Crippen LogP contribution in [0.15, 0.2) is 23.1 Å². The first-order valence-corrected chi connectivity index (χ1v) is 11.1. The molecule has 1 aliphatic carbocycles. The number of amides is 1. The van der Waals surface area contributed by atoms with Crippen molar-refractivity contribution in [3.8, 4) is 0 Å². The molecule has 1 saturated heterocycles. The number of nitrogens with zero attached hydrogens (tertiary/aromatic N) is 2. The number of sulfonamides is 1. The second kappa shape index (κ2) is 7.59. The molecule has 2 aliphatic rings. The Hall–Kier alpha value is -2.59. The highest BCUT2D eigenvalue weighted by Crippen LogP contribution is 2.28. The van der Waals surface area contributed by atoms with Crippen LogP contribution in [0.2, 0.25) is 0 Å². The number of ketones is 1. The van der Waals surface area contributed by atoms with Gasteiger partial charge < -0.3 is 9.88 Å². The van der Waals surface area contributed by atoms with Crippen LogP contribution in [0, 0.1) is 18.6 Å². The van der Waals surface area contributed by atoms with Crippen molar-refractivity contribution in [3.63, 3.8) is 0 Å². The molecule has 1 fully saturated rings. The van der Waals surface area contributed by atoms with Crippen molar-refractivity contribution in [2.75, 3.05) is 26.2 Å². The highest BCUT2D eigenvalue weighted by Gasteiger charge is 2.34. The molecule has 1 amide bonds. The third kappa shape index (κ3) is 3.43. The normalized spacial score (nSPS) is 17.8. The van der Waals surface area contributed by atoms with Crippen molar-refractivity contribution in [2.24, 2.45) is 0 Å². The van der Waals surface area contributed by atoms with Crippen LogP contribution in [0.25, 0.3) is 0 Å².